The summed E-state index contributed by atoms with van der Waals surface area (Å²) in [5.41, 5.74) is 11.8. The molecule has 0 amide bonds. The van der Waals surface area contributed by atoms with Crippen LogP contribution in [0.1, 0.15) is 11.1 Å². The van der Waals surface area contributed by atoms with Gasteiger partial charge in [-0.3, -0.25) is 4.57 Å². The zero-order chi connectivity index (χ0) is 40.9. The monoisotopic (exact) mass is 799 g/mol. The fourth-order valence-corrected chi connectivity index (χ4v) is 14.6. The molecular formula is C56H43N4Si+. The van der Waals surface area contributed by atoms with Gasteiger partial charge in [0.2, 0.25) is 0 Å². The van der Waals surface area contributed by atoms with Gasteiger partial charge < -0.3 is 0 Å². The molecule has 0 bridgehead atoms. The fraction of sp³-hybridized carbons (Fsp3) is 0.0357. The van der Waals surface area contributed by atoms with Crippen LogP contribution in [0.3, 0.4) is 0 Å². The minimum absolute atomic E-state index is 0.906. The largest absolute Gasteiger partial charge is 0.294 e. The third-order valence-electron chi connectivity index (χ3n) is 12.5. The molecule has 0 N–H and O–H groups in total. The molecule has 0 aliphatic rings. The maximum Gasteiger partial charge on any atom is 0.255 e. The second-order valence-corrected chi connectivity index (χ2v) is 19.8. The van der Waals surface area contributed by atoms with Crippen molar-refractivity contribution >= 4 is 61.7 Å². The molecule has 5 heteroatoms. The quantitative estimate of drug-likeness (QED) is 0.0855. The molecule has 0 radical (unpaired) electrons. The van der Waals surface area contributed by atoms with Crippen molar-refractivity contribution in [3.8, 4) is 28.3 Å². The number of imidazole rings is 1. The number of fused-ring (bicyclic) bond motifs is 4. The van der Waals surface area contributed by atoms with Gasteiger partial charge in [0.1, 0.15) is 17.2 Å². The predicted molar refractivity (Wildman–Crippen MR) is 255 cm³/mol. The minimum atomic E-state index is -3.01. The summed E-state index contributed by atoms with van der Waals surface area (Å²) >= 11 is 0. The Morgan fingerprint density at radius 2 is 1.05 bits per heavy atom. The molecule has 0 saturated heterocycles. The second-order valence-electron chi connectivity index (χ2n) is 16.0. The summed E-state index contributed by atoms with van der Waals surface area (Å²) in [6.45, 7) is 4.39. The van der Waals surface area contributed by atoms with Crippen LogP contribution in [0.5, 0.6) is 0 Å². The van der Waals surface area contributed by atoms with Gasteiger partial charge in [-0.25, -0.2) is 4.98 Å². The number of nitrogens with zero attached hydrogens (tertiary/aromatic N) is 4. The molecule has 0 unspecified atom stereocenters. The first-order chi connectivity index (χ1) is 30.1. The summed E-state index contributed by atoms with van der Waals surface area (Å²) in [6.07, 6.45) is 4.20. The minimum Gasteiger partial charge on any atom is -0.294 e. The molecule has 0 aliphatic carbocycles. The molecule has 3 heterocycles. The molecule has 0 spiro atoms. The molecule has 3 aromatic heterocycles. The Morgan fingerprint density at radius 1 is 0.459 bits per heavy atom. The van der Waals surface area contributed by atoms with Crippen LogP contribution < -0.4 is 25.3 Å². The highest BCUT2D eigenvalue weighted by Gasteiger charge is 2.42. The van der Waals surface area contributed by atoms with E-state index < -0.39 is 8.07 Å². The summed E-state index contributed by atoms with van der Waals surface area (Å²) in [6, 6.07) is 78.0. The third kappa shape index (κ3) is 5.96. The standard InChI is InChI=1S/C56H43N4Si/c1-40-18-16-19-41(2)56(40)42-34-35-57-55(36-42)60-51-29-13-12-28-49(51)50-33-32-48(38-54(50)60)61(45-23-8-4-9-24-45,46-25-10-5-11-26-46)47-27-17-22-44(37-47)59-39-58(43-20-6-3-7-21-43)52-30-14-15-31-53(52)59/h3-39H,1-2H3/q+1. The molecule has 0 aliphatic heterocycles. The number of hydrogen-bond donors (Lipinski definition) is 0. The van der Waals surface area contributed by atoms with Gasteiger partial charge in [0.05, 0.1) is 11.0 Å². The number of pyridine rings is 1. The topological polar surface area (TPSA) is 26.6 Å². The summed E-state index contributed by atoms with van der Waals surface area (Å²) in [4.78, 5) is 5.10. The molecule has 11 aromatic rings. The van der Waals surface area contributed by atoms with Gasteiger partial charge in [-0.2, -0.15) is 9.13 Å². The maximum absolute atomic E-state index is 5.10. The average Bonchev–Trinajstić information content (AvgIpc) is 3.87. The van der Waals surface area contributed by atoms with E-state index in [0.717, 1.165) is 39.3 Å². The van der Waals surface area contributed by atoms with Gasteiger partial charge in [0.15, 0.2) is 19.1 Å². The van der Waals surface area contributed by atoms with E-state index in [1.54, 1.807) is 0 Å². The highest BCUT2D eigenvalue weighted by atomic mass is 28.3. The van der Waals surface area contributed by atoms with Crippen molar-refractivity contribution in [1.29, 1.82) is 0 Å². The van der Waals surface area contributed by atoms with Gasteiger partial charge in [-0.15, -0.1) is 0 Å². The van der Waals surface area contributed by atoms with Gasteiger partial charge in [0.25, 0.3) is 6.33 Å². The summed E-state index contributed by atoms with van der Waals surface area (Å²) in [7, 11) is -3.01. The lowest BCUT2D eigenvalue weighted by atomic mass is 9.96. The van der Waals surface area contributed by atoms with E-state index >= 15 is 0 Å². The predicted octanol–water partition coefficient (Wildman–Crippen LogP) is 10.1. The molecule has 8 aromatic carbocycles. The highest BCUT2D eigenvalue weighted by Crippen LogP contribution is 2.34. The molecular weight excluding hydrogens is 757 g/mol. The molecule has 0 saturated carbocycles. The Kier molecular flexibility index (Phi) is 8.91. The first kappa shape index (κ1) is 36.5. The molecule has 11 rings (SSSR count). The van der Waals surface area contributed by atoms with Crippen molar-refractivity contribution in [1.82, 2.24) is 14.1 Å². The fourth-order valence-electron chi connectivity index (χ4n) is 9.79. The summed E-state index contributed by atoms with van der Waals surface area (Å²) in [5, 5.41) is 7.69. The first-order valence-corrected chi connectivity index (χ1v) is 23.0. The van der Waals surface area contributed by atoms with Gasteiger partial charge in [0, 0.05) is 17.0 Å². The van der Waals surface area contributed by atoms with E-state index in [-0.39, 0.29) is 0 Å². The number of para-hydroxylation sites is 4. The van der Waals surface area contributed by atoms with Crippen LogP contribution in [0.4, 0.5) is 0 Å². The molecule has 0 atom stereocenters. The highest BCUT2D eigenvalue weighted by molar-refractivity contribution is 7.20. The lowest BCUT2D eigenvalue weighted by Crippen LogP contribution is -2.74. The number of benzene rings is 8. The van der Waals surface area contributed by atoms with E-state index in [1.165, 1.54) is 53.8 Å². The van der Waals surface area contributed by atoms with Crippen LogP contribution in [-0.2, 0) is 0 Å². The van der Waals surface area contributed by atoms with Crippen molar-refractivity contribution in [2.24, 2.45) is 0 Å². The third-order valence-corrected chi connectivity index (χ3v) is 17.2. The Bertz CT molecular complexity index is 3330. The number of aromatic nitrogens is 4. The van der Waals surface area contributed by atoms with Crippen LogP contribution in [0.25, 0.3) is 61.2 Å². The van der Waals surface area contributed by atoms with Crippen molar-refractivity contribution in [3.63, 3.8) is 0 Å². The number of aryl methyl sites for hydroxylation is 2. The van der Waals surface area contributed by atoms with Crippen molar-refractivity contribution in [2.75, 3.05) is 0 Å². The zero-order valence-corrected chi connectivity index (χ0v) is 35.2. The van der Waals surface area contributed by atoms with Crippen LogP contribution in [0.15, 0.2) is 225 Å². The van der Waals surface area contributed by atoms with E-state index in [1.807, 2.05) is 6.20 Å². The van der Waals surface area contributed by atoms with E-state index in [0.29, 0.717) is 0 Å². The Hall–Kier alpha value is -7.60. The smallest absolute Gasteiger partial charge is 0.255 e. The molecule has 290 valence electrons. The van der Waals surface area contributed by atoms with Crippen LogP contribution >= 0.6 is 0 Å². The van der Waals surface area contributed by atoms with Gasteiger partial charge >= 0.3 is 0 Å². The van der Waals surface area contributed by atoms with Gasteiger partial charge in [-0.05, 0) is 118 Å². The zero-order valence-electron chi connectivity index (χ0n) is 34.2. The van der Waals surface area contributed by atoms with Crippen LogP contribution in [-0.4, -0.2) is 22.2 Å². The molecule has 0 fully saturated rings. The molecule has 4 nitrogen and oxygen atoms in total. The lowest BCUT2D eigenvalue weighted by molar-refractivity contribution is -0.567. The normalized spacial score (nSPS) is 11.8. The van der Waals surface area contributed by atoms with E-state index in [2.05, 4.69) is 246 Å². The van der Waals surface area contributed by atoms with Crippen LogP contribution in [0, 0.1) is 13.8 Å². The first-order valence-electron chi connectivity index (χ1n) is 21.0. The van der Waals surface area contributed by atoms with Crippen molar-refractivity contribution < 1.29 is 4.57 Å². The van der Waals surface area contributed by atoms with Crippen molar-refractivity contribution in [2.45, 2.75) is 13.8 Å². The Morgan fingerprint density at radius 3 is 1.79 bits per heavy atom. The maximum atomic E-state index is 5.10. The van der Waals surface area contributed by atoms with Crippen LogP contribution in [0.2, 0.25) is 0 Å². The van der Waals surface area contributed by atoms with E-state index in [9.17, 15) is 0 Å². The Labute approximate surface area is 356 Å². The van der Waals surface area contributed by atoms with E-state index in [4.69, 9.17) is 4.98 Å². The second kappa shape index (κ2) is 14.9. The lowest BCUT2D eigenvalue weighted by Gasteiger charge is -2.34. The van der Waals surface area contributed by atoms with Crippen molar-refractivity contribution in [3.05, 3.63) is 236 Å². The summed E-state index contributed by atoms with van der Waals surface area (Å²) < 4.78 is 7.01. The summed E-state index contributed by atoms with van der Waals surface area (Å²) in [5.74, 6) is 0.906. The Balaban J connectivity index is 1.19. The number of hydrogen-bond acceptors (Lipinski definition) is 1. The SMILES string of the molecule is Cc1cccc(C)c1-c1ccnc(-n2c3ccccc3c3ccc([Si](c4ccccc4)(c4ccccc4)c4cccc(-n5c[n+](-c6ccccc6)c6ccccc65)c4)cc32)c1. The average molecular weight is 800 g/mol. The molecule has 61 heavy (non-hydrogen) atoms. The number of rotatable bonds is 8. The van der Waals surface area contributed by atoms with Gasteiger partial charge in [-0.1, -0.05) is 152 Å².